The molecular formula is C16H25ClN2O2S. The molecule has 1 aromatic carbocycles. The zero-order chi connectivity index (χ0) is 16.3. The second kappa shape index (κ2) is 7.20. The lowest BCUT2D eigenvalue weighted by molar-refractivity contribution is 0.294. The van der Waals surface area contributed by atoms with E-state index in [1.54, 1.807) is 6.92 Å². The first kappa shape index (κ1) is 17.6. The Balaban J connectivity index is 2.00. The van der Waals surface area contributed by atoms with Crippen LogP contribution in [0.5, 0.6) is 0 Å². The van der Waals surface area contributed by atoms with E-state index in [4.69, 9.17) is 11.6 Å². The molecule has 0 N–H and O–H groups in total. The van der Waals surface area contributed by atoms with Crippen molar-refractivity contribution in [1.82, 2.24) is 4.90 Å². The lowest BCUT2D eigenvalue weighted by Gasteiger charge is -2.36. The highest BCUT2D eigenvalue weighted by molar-refractivity contribution is 7.91. The Bertz CT molecular complexity index is 609. The van der Waals surface area contributed by atoms with Gasteiger partial charge in [0.2, 0.25) is 0 Å². The van der Waals surface area contributed by atoms with Gasteiger partial charge in [-0.15, -0.1) is 0 Å². The van der Waals surface area contributed by atoms with Crippen molar-refractivity contribution in [1.29, 1.82) is 0 Å². The van der Waals surface area contributed by atoms with Crippen molar-refractivity contribution in [3.05, 3.63) is 28.8 Å². The minimum Gasteiger partial charge on any atom is -0.368 e. The molecule has 1 saturated heterocycles. The van der Waals surface area contributed by atoms with Crippen LogP contribution in [0.3, 0.4) is 0 Å². The molecule has 0 radical (unpaired) electrons. The Morgan fingerprint density at radius 2 is 1.82 bits per heavy atom. The molecule has 2 rings (SSSR count). The zero-order valence-electron chi connectivity index (χ0n) is 13.5. The summed E-state index contributed by atoms with van der Waals surface area (Å²) in [5.74, 6) is 0.829. The van der Waals surface area contributed by atoms with Gasteiger partial charge in [0.15, 0.2) is 9.84 Å². The van der Waals surface area contributed by atoms with Crippen molar-refractivity contribution < 1.29 is 8.42 Å². The van der Waals surface area contributed by atoms with Gasteiger partial charge >= 0.3 is 0 Å². The molecular weight excluding hydrogens is 320 g/mol. The fourth-order valence-electron chi connectivity index (χ4n) is 2.63. The van der Waals surface area contributed by atoms with Crippen LogP contribution in [-0.2, 0) is 9.84 Å². The van der Waals surface area contributed by atoms with Gasteiger partial charge < -0.3 is 4.90 Å². The van der Waals surface area contributed by atoms with Gasteiger partial charge in [-0.3, -0.25) is 4.90 Å². The SMILES string of the molecule is CCS(=O)(=O)CN1CCN(c2ccc(C(C)C)cc2Cl)CC1. The number of rotatable bonds is 5. The molecule has 4 nitrogen and oxygen atoms in total. The third-order valence-electron chi connectivity index (χ3n) is 4.17. The molecule has 22 heavy (non-hydrogen) atoms. The quantitative estimate of drug-likeness (QED) is 0.823. The summed E-state index contributed by atoms with van der Waals surface area (Å²) in [7, 11) is -2.94. The van der Waals surface area contributed by atoms with E-state index in [1.165, 1.54) is 5.56 Å². The Labute approximate surface area is 139 Å². The number of hydrogen-bond donors (Lipinski definition) is 0. The third-order valence-corrected chi connectivity index (χ3v) is 6.11. The van der Waals surface area contributed by atoms with Crippen LogP contribution in [0.15, 0.2) is 18.2 Å². The maximum atomic E-state index is 11.7. The molecule has 0 bridgehead atoms. The van der Waals surface area contributed by atoms with Crippen LogP contribution in [0.4, 0.5) is 5.69 Å². The molecule has 1 fully saturated rings. The molecule has 0 unspecified atom stereocenters. The average Bonchev–Trinajstić information content (AvgIpc) is 2.48. The van der Waals surface area contributed by atoms with E-state index in [-0.39, 0.29) is 11.6 Å². The molecule has 6 heteroatoms. The summed E-state index contributed by atoms with van der Waals surface area (Å²) in [5.41, 5.74) is 2.28. The predicted molar refractivity (Wildman–Crippen MR) is 93.7 cm³/mol. The molecule has 0 aliphatic carbocycles. The van der Waals surface area contributed by atoms with Crippen molar-refractivity contribution in [3.63, 3.8) is 0 Å². The Morgan fingerprint density at radius 1 is 1.18 bits per heavy atom. The zero-order valence-corrected chi connectivity index (χ0v) is 15.1. The van der Waals surface area contributed by atoms with Gasteiger partial charge in [0, 0.05) is 31.9 Å². The van der Waals surface area contributed by atoms with Crippen LogP contribution >= 0.6 is 11.6 Å². The summed E-state index contributed by atoms with van der Waals surface area (Å²) < 4.78 is 23.4. The molecule has 0 atom stereocenters. The van der Waals surface area contributed by atoms with Gasteiger partial charge in [-0.1, -0.05) is 38.4 Å². The molecule has 124 valence electrons. The molecule has 1 heterocycles. The maximum absolute atomic E-state index is 11.7. The summed E-state index contributed by atoms with van der Waals surface area (Å²) in [6.45, 7) is 9.11. The van der Waals surface area contributed by atoms with Crippen LogP contribution in [0.25, 0.3) is 0 Å². The normalized spacial score (nSPS) is 17.2. The highest BCUT2D eigenvalue weighted by atomic mass is 35.5. The number of nitrogens with zero attached hydrogens (tertiary/aromatic N) is 2. The second-order valence-corrected chi connectivity index (χ2v) is 8.86. The minimum absolute atomic E-state index is 0.164. The van der Waals surface area contributed by atoms with Gasteiger partial charge in [0.05, 0.1) is 10.7 Å². The van der Waals surface area contributed by atoms with Gasteiger partial charge in [-0.05, 0) is 23.6 Å². The van der Waals surface area contributed by atoms with Crippen molar-refractivity contribution in [2.24, 2.45) is 0 Å². The van der Waals surface area contributed by atoms with E-state index in [0.717, 1.165) is 36.9 Å². The third kappa shape index (κ3) is 4.37. The van der Waals surface area contributed by atoms with Crippen LogP contribution in [0, 0.1) is 0 Å². The average molecular weight is 345 g/mol. The van der Waals surface area contributed by atoms with Gasteiger partial charge in [-0.2, -0.15) is 0 Å². The van der Waals surface area contributed by atoms with E-state index in [0.29, 0.717) is 5.92 Å². The first-order valence-electron chi connectivity index (χ1n) is 7.79. The van der Waals surface area contributed by atoms with Gasteiger partial charge in [-0.25, -0.2) is 8.42 Å². The van der Waals surface area contributed by atoms with Crippen LogP contribution in [-0.4, -0.2) is 51.1 Å². The smallest absolute Gasteiger partial charge is 0.163 e. The van der Waals surface area contributed by atoms with Crippen molar-refractivity contribution in [2.45, 2.75) is 26.7 Å². The van der Waals surface area contributed by atoms with Crippen molar-refractivity contribution >= 4 is 27.1 Å². The van der Waals surface area contributed by atoms with E-state index in [1.807, 2.05) is 11.0 Å². The monoisotopic (exact) mass is 344 g/mol. The summed E-state index contributed by atoms with van der Waals surface area (Å²) in [6, 6.07) is 6.24. The van der Waals surface area contributed by atoms with Gasteiger partial charge in [0.1, 0.15) is 5.88 Å². The summed E-state index contributed by atoms with van der Waals surface area (Å²) >= 11 is 6.42. The number of halogens is 1. The van der Waals surface area contributed by atoms with Crippen LogP contribution in [0.2, 0.25) is 5.02 Å². The number of piperazine rings is 1. The topological polar surface area (TPSA) is 40.6 Å². The highest BCUT2D eigenvalue weighted by Crippen LogP contribution is 2.30. The minimum atomic E-state index is -2.94. The number of benzene rings is 1. The predicted octanol–water partition coefficient (Wildman–Crippen LogP) is 2.98. The van der Waals surface area contributed by atoms with Crippen molar-refractivity contribution in [2.75, 3.05) is 42.7 Å². The summed E-state index contributed by atoms with van der Waals surface area (Å²) in [4.78, 5) is 4.24. The summed E-state index contributed by atoms with van der Waals surface area (Å²) in [5, 5.41) is 0.779. The van der Waals surface area contributed by atoms with Crippen LogP contribution < -0.4 is 4.90 Å². The number of anilines is 1. The molecule has 1 aliphatic heterocycles. The Morgan fingerprint density at radius 3 is 2.32 bits per heavy atom. The molecule has 1 aromatic rings. The largest absolute Gasteiger partial charge is 0.368 e. The fourth-order valence-corrected chi connectivity index (χ4v) is 3.93. The first-order valence-corrected chi connectivity index (χ1v) is 9.99. The molecule has 0 saturated carbocycles. The van der Waals surface area contributed by atoms with Crippen molar-refractivity contribution in [3.8, 4) is 0 Å². The lowest BCUT2D eigenvalue weighted by atomic mass is 10.0. The van der Waals surface area contributed by atoms with E-state index >= 15 is 0 Å². The number of sulfone groups is 1. The standard InChI is InChI=1S/C16H25ClN2O2S/c1-4-22(20,21)12-18-7-9-19(10-8-18)16-6-5-14(13(2)3)11-15(16)17/h5-6,11,13H,4,7-10,12H2,1-3H3. The first-order chi connectivity index (χ1) is 10.3. The van der Waals surface area contributed by atoms with E-state index in [2.05, 4.69) is 30.9 Å². The fraction of sp³-hybridized carbons (Fsp3) is 0.625. The molecule has 0 aromatic heterocycles. The summed E-state index contributed by atoms with van der Waals surface area (Å²) in [6.07, 6.45) is 0. The van der Waals surface area contributed by atoms with Crippen LogP contribution in [0.1, 0.15) is 32.3 Å². The van der Waals surface area contributed by atoms with E-state index < -0.39 is 9.84 Å². The highest BCUT2D eigenvalue weighted by Gasteiger charge is 2.22. The lowest BCUT2D eigenvalue weighted by Crippen LogP contribution is -2.48. The molecule has 1 aliphatic rings. The molecule has 0 amide bonds. The molecule has 0 spiro atoms. The Hall–Kier alpha value is -0.780. The van der Waals surface area contributed by atoms with E-state index in [9.17, 15) is 8.42 Å². The van der Waals surface area contributed by atoms with Gasteiger partial charge in [0.25, 0.3) is 0 Å². The second-order valence-electron chi connectivity index (χ2n) is 6.13. The maximum Gasteiger partial charge on any atom is 0.163 e. The number of hydrogen-bond acceptors (Lipinski definition) is 4. The Kier molecular flexibility index (Phi) is 5.75.